The molecule has 0 heterocycles. The second-order valence-corrected chi connectivity index (χ2v) is 7.95. The number of carbonyl (C=O) groups excluding carboxylic acids is 3. The maximum atomic E-state index is 11.8. The Morgan fingerprint density at radius 1 is 0.500 bits per heavy atom. The minimum Gasteiger partial charge on any atom is -0.496 e. The minimum atomic E-state index is 0.405. The second-order valence-electron chi connectivity index (χ2n) is 7.95. The highest BCUT2D eigenvalue weighted by Crippen LogP contribution is 2.42. The Balaban J connectivity index is 2.05. The smallest absolute Gasteiger partial charge is 0.153 e. The summed E-state index contributed by atoms with van der Waals surface area (Å²) in [6.07, 6.45) is 2.26. The monoisotopic (exact) mass is 480 g/mol. The fourth-order valence-corrected chi connectivity index (χ4v) is 4.31. The van der Waals surface area contributed by atoms with E-state index in [1.165, 1.54) is 21.3 Å². The van der Waals surface area contributed by atoms with Gasteiger partial charge in [-0.25, -0.2) is 0 Å². The molecule has 0 aliphatic carbocycles. The number of methoxy groups -OCH3 is 3. The molecule has 0 saturated carbocycles. The number of benzene rings is 4. The van der Waals surface area contributed by atoms with E-state index in [1.54, 1.807) is 36.4 Å². The largest absolute Gasteiger partial charge is 0.496 e. The van der Waals surface area contributed by atoms with Crippen molar-refractivity contribution in [2.45, 2.75) is 0 Å². The van der Waals surface area contributed by atoms with Crippen molar-refractivity contribution in [2.24, 2.45) is 0 Å². The molecule has 0 fully saturated rings. The van der Waals surface area contributed by atoms with E-state index in [1.807, 2.05) is 36.4 Å². The van der Waals surface area contributed by atoms with Gasteiger partial charge in [-0.05, 0) is 69.8 Å². The lowest BCUT2D eigenvalue weighted by Crippen LogP contribution is -1.96. The first-order valence-electron chi connectivity index (χ1n) is 11.1. The Kier molecular flexibility index (Phi) is 7.25. The highest BCUT2D eigenvalue weighted by Gasteiger charge is 2.18. The van der Waals surface area contributed by atoms with Crippen LogP contribution in [0.15, 0.2) is 72.8 Å². The summed E-state index contributed by atoms with van der Waals surface area (Å²) in [6.45, 7) is 0. The maximum absolute atomic E-state index is 11.8. The molecule has 0 unspecified atom stereocenters. The molecular weight excluding hydrogens is 456 g/mol. The molecule has 6 heteroatoms. The van der Waals surface area contributed by atoms with E-state index in [-0.39, 0.29) is 0 Å². The number of ether oxygens (including phenoxy) is 3. The molecule has 0 amide bonds. The van der Waals surface area contributed by atoms with Crippen LogP contribution < -0.4 is 14.2 Å². The summed E-state index contributed by atoms with van der Waals surface area (Å²) in [6, 6.07) is 22.0. The predicted molar refractivity (Wildman–Crippen MR) is 139 cm³/mol. The second kappa shape index (κ2) is 10.7. The van der Waals surface area contributed by atoms with E-state index >= 15 is 0 Å². The molecule has 0 aliphatic heterocycles. The van der Waals surface area contributed by atoms with Crippen LogP contribution in [0.1, 0.15) is 31.1 Å². The van der Waals surface area contributed by atoms with Crippen LogP contribution in [0.3, 0.4) is 0 Å². The van der Waals surface area contributed by atoms with E-state index < -0.39 is 0 Å². The first kappa shape index (κ1) is 24.4. The molecular formula is C30H24O6. The topological polar surface area (TPSA) is 78.9 Å². The van der Waals surface area contributed by atoms with Crippen molar-refractivity contribution in [1.29, 1.82) is 0 Å². The third-order valence-corrected chi connectivity index (χ3v) is 6.05. The first-order valence-corrected chi connectivity index (χ1v) is 11.1. The van der Waals surface area contributed by atoms with Gasteiger partial charge in [-0.15, -0.1) is 0 Å². The molecule has 0 spiro atoms. The van der Waals surface area contributed by atoms with E-state index in [0.717, 1.165) is 52.2 Å². The molecule has 180 valence electrons. The van der Waals surface area contributed by atoms with Gasteiger partial charge in [0, 0.05) is 0 Å². The number of carbonyl (C=O) groups is 3. The predicted octanol–water partition coefficient (Wildman–Crippen LogP) is 6.15. The summed E-state index contributed by atoms with van der Waals surface area (Å²) in [5.74, 6) is 1.42. The summed E-state index contributed by atoms with van der Waals surface area (Å²) in [5.41, 5.74) is 6.10. The molecule has 0 saturated heterocycles. The zero-order valence-electron chi connectivity index (χ0n) is 20.1. The van der Waals surface area contributed by atoms with Crippen LogP contribution in [0.2, 0.25) is 0 Å². The van der Waals surface area contributed by atoms with Crippen molar-refractivity contribution in [3.63, 3.8) is 0 Å². The zero-order valence-corrected chi connectivity index (χ0v) is 20.1. The molecule has 0 aromatic heterocycles. The van der Waals surface area contributed by atoms with E-state index in [4.69, 9.17) is 14.2 Å². The summed E-state index contributed by atoms with van der Waals surface area (Å²) in [7, 11) is 4.54. The van der Waals surface area contributed by atoms with Gasteiger partial charge in [0.15, 0.2) is 18.9 Å². The van der Waals surface area contributed by atoms with Crippen LogP contribution >= 0.6 is 0 Å². The molecule has 0 atom stereocenters. The molecule has 6 nitrogen and oxygen atoms in total. The standard InChI is InChI=1S/C30H24O6/c1-34-27-10-7-19(13-22(27)16-31)25-5-4-6-26(20-8-11-28(35-2)23(14-20)17-32)30(25)21-9-12-29(36-3)24(15-21)18-33/h4-18H,1-3H3. The lowest BCUT2D eigenvalue weighted by Gasteiger charge is -2.18. The summed E-state index contributed by atoms with van der Waals surface area (Å²) in [4.78, 5) is 35.2. The van der Waals surface area contributed by atoms with Gasteiger partial charge in [0.1, 0.15) is 17.2 Å². The summed E-state index contributed by atoms with van der Waals surface area (Å²) >= 11 is 0. The Morgan fingerprint density at radius 3 is 1.22 bits per heavy atom. The summed E-state index contributed by atoms with van der Waals surface area (Å²) < 4.78 is 16.0. The van der Waals surface area contributed by atoms with Gasteiger partial charge < -0.3 is 14.2 Å². The third-order valence-electron chi connectivity index (χ3n) is 6.05. The van der Waals surface area contributed by atoms with Crippen LogP contribution in [0.25, 0.3) is 33.4 Å². The van der Waals surface area contributed by atoms with Gasteiger partial charge in [0.05, 0.1) is 38.0 Å². The van der Waals surface area contributed by atoms with Gasteiger partial charge in [0.2, 0.25) is 0 Å². The lowest BCUT2D eigenvalue weighted by molar-refractivity contribution is 0.111. The van der Waals surface area contributed by atoms with Gasteiger partial charge in [-0.2, -0.15) is 0 Å². The highest BCUT2D eigenvalue weighted by molar-refractivity contribution is 5.98. The van der Waals surface area contributed by atoms with Crippen LogP contribution in [0.4, 0.5) is 0 Å². The SMILES string of the molecule is COc1ccc(-c2cccc(-c3ccc(OC)c(C=O)c3)c2-c2ccc(OC)c(C=O)c2)cc1C=O. The molecule has 36 heavy (non-hydrogen) atoms. The average molecular weight is 481 g/mol. The van der Waals surface area contributed by atoms with Gasteiger partial charge in [-0.1, -0.05) is 36.4 Å². The minimum absolute atomic E-state index is 0.405. The van der Waals surface area contributed by atoms with Crippen molar-refractivity contribution < 1.29 is 28.6 Å². The van der Waals surface area contributed by atoms with E-state index in [9.17, 15) is 14.4 Å². The maximum Gasteiger partial charge on any atom is 0.153 e. The normalized spacial score (nSPS) is 10.4. The zero-order chi connectivity index (χ0) is 25.7. The van der Waals surface area contributed by atoms with Gasteiger partial charge in [0.25, 0.3) is 0 Å². The van der Waals surface area contributed by atoms with E-state index in [2.05, 4.69) is 0 Å². The highest BCUT2D eigenvalue weighted by atomic mass is 16.5. The molecule has 4 aromatic carbocycles. The van der Waals surface area contributed by atoms with Crippen molar-refractivity contribution in [3.8, 4) is 50.6 Å². The Hall–Kier alpha value is -4.71. The number of hydrogen-bond acceptors (Lipinski definition) is 6. The van der Waals surface area contributed by atoms with Crippen LogP contribution in [0, 0.1) is 0 Å². The number of aldehydes is 3. The Bertz CT molecular complexity index is 1380. The quantitative estimate of drug-likeness (QED) is 0.267. The van der Waals surface area contributed by atoms with Crippen LogP contribution in [-0.2, 0) is 0 Å². The van der Waals surface area contributed by atoms with Crippen molar-refractivity contribution in [2.75, 3.05) is 21.3 Å². The number of hydrogen-bond donors (Lipinski definition) is 0. The molecule has 4 rings (SSSR count). The van der Waals surface area contributed by atoms with Crippen LogP contribution in [-0.4, -0.2) is 40.2 Å². The van der Waals surface area contributed by atoms with Crippen molar-refractivity contribution in [3.05, 3.63) is 89.5 Å². The van der Waals surface area contributed by atoms with Crippen molar-refractivity contribution in [1.82, 2.24) is 0 Å². The number of rotatable bonds is 9. The third kappa shape index (κ3) is 4.49. The molecule has 0 N–H and O–H groups in total. The first-order chi connectivity index (χ1) is 17.6. The molecule has 0 bridgehead atoms. The van der Waals surface area contributed by atoms with Gasteiger partial charge >= 0.3 is 0 Å². The van der Waals surface area contributed by atoms with Crippen LogP contribution in [0.5, 0.6) is 17.2 Å². The molecule has 0 aliphatic rings. The fraction of sp³-hybridized carbons (Fsp3) is 0.100. The van der Waals surface area contributed by atoms with Crippen molar-refractivity contribution >= 4 is 18.9 Å². The van der Waals surface area contributed by atoms with Gasteiger partial charge in [-0.3, -0.25) is 14.4 Å². The molecule has 4 aromatic rings. The Labute approximate surface area is 209 Å². The average Bonchev–Trinajstić information content (AvgIpc) is 2.95. The molecule has 0 radical (unpaired) electrons. The summed E-state index contributed by atoms with van der Waals surface area (Å²) in [5, 5.41) is 0. The Morgan fingerprint density at radius 2 is 0.861 bits per heavy atom. The van der Waals surface area contributed by atoms with E-state index in [0.29, 0.717) is 33.9 Å². The fourth-order valence-electron chi connectivity index (χ4n) is 4.31. The lowest BCUT2D eigenvalue weighted by atomic mass is 9.86.